The molecule has 6 heteroatoms. The molecule has 0 saturated heterocycles. The normalized spacial score (nSPS) is 10.2. The van der Waals surface area contributed by atoms with Crippen molar-refractivity contribution >= 4 is 31.9 Å². The number of aromatic nitrogens is 1. The minimum absolute atomic E-state index is 0.233. The van der Waals surface area contributed by atoms with E-state index in [2.05, 4.69) is 36.8 Å². The molecule has 0 aromatic carbocycles. The third kappa shape index (κ3) is 1.51. The molecule has 0 atom stereocenters. The van der Waals surface area contributed by atoms with Crippen molar-refractivity contribution in [3.63, 3.8) is 0 Å². The minimum atomic E-state index is -1.11. The highest BCUT2D eigenvalue weighted by Gasteiger charge is 2.16. The molecule has 0 spiro atoms. The lowest BCUT2D eigenvalue weighted by Gasteiger charge is -1.99. The van der Waals surface area contributed by atoms with Crippen LogP contribution in [-0.4, -0.2) is 10.1 Å². The number of nitrogens with zero attached hydrogens (tertiary/aromatic N) is 1. The molecule has 0 saturated carbocycles. The van der Waals surface area contributed by atoms with Crippen LogP contribution in [0.1, 0.15) is 0 Å². The summed E-state index contributed by atoms with van der Waals surface area (Å²) >= 11 is 5.38. The Morgan fingerprint density at radius 1 is 1.09 bits per heavy atom. The van der Waals surface area contributed by atoms with Crippen LogP contribution < -0.4 is 0 Å². The third-order valence-corrected chi connectivity index (χ3v) is 2.03. The number of hydrogen-bond donors (Lipinski definition) is 1. The Bertz CT molecular complexity index is 279. The van der Waals surface area contributed by atoms with E-state index in [1.165, 1.54) is 0 Å². The van der Waals surface area contributed by atoms with Crippen LogP contribution in [0, 0.1) is 11.6 Å². The van der Waals surface area contributed by atoms with Crippen molar-refractivity contribution in [1.82, 2.24) is 4.98 Å². The van der Waals surface area contributed by atoms with Gasteiger partial charge in [-0.2, -0.15) is 8.78 Å². The van der Waals surface area contributed by atoms with Gasteiger partial charge in [-0.05, 0) is 31.9 Å². The van der Waals surface area contributed by atoms with Crippen molar-refractivity contribution in [2.75, 3.05) is 0 Å². The lowest BCUT2D eigenvalue weighted by atomic mass is 10.4. The van der Waals surface area contributed by atoms with Gasteiger partial charge in [-0.1, -0.05) is 0 Å². The van der Waals surface area contributed by atoms with Crippen LogP contribution in [0.2, 0.25) is 0 Å². The Labute approximate surface area is 77.5 Å². The summed E-state index contributed by atoms with van der Waals surface area (Å²) < 4.78 is 24.6. The number of hydrogen-bond acceptors (Lipinski definition) is 2. The van der Waals surface area contributed by atoms with E-state index in [1.807, 2.05) is 0 Å². The van der Waals surface area contributed by atoms with Crippen LogP contribution in [0.4, 0.5) is 8.78 Å². The largest absolute Gasteiger partial charge is 0.503 e. The summed E-state index contributed by atoms with van der Waals surface area (Å²) in [7, 11) is 0. The number of aromatic hydroxyl groups is 1. The zero-order chi connectivity index (χ0) is 8.59. The van der Waals surface area contributed by atoms with E-state index in [4.69, 9.17) is 5.11 Å². The van der Waals surface area contributed by atoms with Crippen molar-refractivity contribution in [2.45, 2.75) is 0 Å². The summed E-state index contributed by atoms with van der Waals surface area (Å²) in [6.45, 7) is 0. The molecule has 1 rings (SSSR count). The molecule has 1 aromatic heterocycles. The van der Waals surface area contributed by atoms with E-state index in [1.54, 1.807) is 0 Å². The van der Waals surface area contributed by atoms with Gasteiger partial charge >= 0.3 is 0 Å². The van der Waals surface area contributed by atoms with Crippen LogP contribution in [0.25, 0.3) is 0 Å². The zero-order valence-electron chi connectivity index (χ0n) is 4.91. The Kier molecular flexibility index (Phi) is 2.43. The first-order chi connectivity index (χ1) is 5.04. The van der Waals surface area contributed by atoms with E-state index >= 15 is 0 Å². The molecular formula is C5HBr2F2NO. The maximum Gasteiger partial charge on any atom is 0.200 e. The molecule has 11 heavy (non-hydrogen) atoms. The molecule has 0 aliphatic heterocycles. The van der Waals surface area contributed by atoms with Gasteiger partial charge in [0.15, 0.2) is 5.75 Å². The van der Waals surface area contributed by atoms with E-state index in [0.29, 0.717) is 0 Å². The molecule has 0 radical (unpaired) electrons. The molecule has 1 heterocycles. The smallest absolute Gasteiger partial charge is 0.200 e. The summed E-state index contributed by atoms with van der Waals surface area (Å²) in [6, 6.07) is 0. The summed E-state index contributed by atoms with van der Waals surface area (Å²) in [5, 5.41) is 8.72. The lowest BCUT2D eigenvalue weighted by molar-refractivity contribution is 0.388. The van der Waals surface area contributed by atoms with Crippen LogP contribution >= 0.6 is 31.9 Å². The Morgan fingerprint density at radius 3 is 1.82 bits per heavy atom. The van der Waals surface area contributed by atoms with E-state index in [0.717, 1.165) is 0 Å². The maximum absolute atomic E-state index is 12.6. The van der Waals surface area contributed by atoms with Gasteiger partial charge in [-0.3, -0.25) is 0 Å². The Morgan fingerprint density at radius 2 is 1.45 bits per heavy atom. The Hall–Kier alpha value is -0.230. The monoisotopic (exact) mass is 287 g/mol. The summed E-state index contributed by atoms with van der Waals surface area (Å²) in [4.78, 5) is 3.36. The van der Waals surface area contributed by atoms with Crippen molar-refractivity contribution in [2.24, 2.45) is 0 Å². The summed E-state index contributed by atoms with van der Waals surface area (Å²) in [6.07, 6.45) is 0. The van der Waals surface area contributed by atoms with Crippen molar-refractivity contribution < 1.29 is 13.9 Å². The van der Waals surface area contributed by atoms with Gasteiger partial charge in [0, 0.05) is 0 Å². The molecule has 0 unspecified atom stereocenters. The second-order valence-corrected chi connectivity index (χ2v) is 3.17. The average Bonchev–Trinajstić information content (AvgIpc) is 1.97. The average molecular weight is 289 g/mol. The van der Waals surface area contributed by atoms with E-state index in [9.17, 15) is 8.78 Å². The van der Waals surface area contributed by atoms with Crippen LogP contribution in [-0.2, 0) is 0 Å². The SMILES string of the molecule is Oc1c(F)c(Br)nc(Br)c1F. The van der Waals surface area contributed by atoms with Crippen LogP contribution in [0.15, 0.2) is 9.21 Å². The van der Waals surface area contributed by atoms with Crippen molar-refractivity contribution in [1.29, 1.82) is 0 Å². The fraction of sp³-hybridized carbons (Fsp3) is 0. The zero-order valence-corrected chi connectivity index (χ0v) is 8.08. The molecule has 2 nitrogen and oxygen atoms in total. The topological polar surface area (TPSA) is 33.1 Å². The molecule has 0 fully saturated rings. The van der Waals surface area contributed by atoms with Crippen molar-refractivity contribution in [3.05, 3.63) is 20.8 Å². The summed E-state index contributed by atoms with van der Waals surface area (Å²) in [5.41, 5.74) is 0. The van der Waals surface area contributed by atoms with E-state index in [-0.39, 0.29) is 9.21 Å². The quantitative estimate of drug-likeness (QED) is 0.745. The molecule has 0 aliphatic carbocycles. The second kappa shape index (κ2) is 3.02. The maximum atomic E-state index is 12.6. The molecule has 60 valence electrons. The molecule has 1 aromatic rings. The molecule has 1 N–H and O–H groups in total. The minimum Gasteiger partial charge on any atom is -0.503 e. The fourth-order valence-corrected chi connectivity index (χ4v) is 1.44. The predicted octanol–water partition coefficient (Wildman–Crippen LogP) is 2.59. The highest BCUT2D eigenvalue weighted by atomic mass is 79.9. The van der Waals surface area contributed by atoms with Crippen molar-refractivity contribution in [3.8, 4) is 5.75 Å². The van der Waals surface area contributed by atoms with Gasteiger partial charge in [0.1, 0.15) is 9.21 Å². The van der Waals surface area contributed by atoms with Gasteiger partial charge in [0.2, 0.25) is 11.6 Å². The van der Waals surface area contributed by atoms with Gasteiger partial charge in [-0.15, -0.1) is 0 Å². The standard InChI is InChI=1S/C5HBr2F2NO/c6-4-1(8)3(11)2(9)5(7)10-4/h(H,10,11). The number of rotatable bonds is 0. The van der Waals surface area contributed by atoms with Gasteiger partial charge < -0.3 is 5.11 Å². The molecule has 0 bridgehead atoms. The fourth-order valence-electron chi connectivity index (χ4n) is 0.476. The van der Waals surface area contributed by atoms with Crippen LogP contribution in [0.3, 0.4) is 0 Å². The number of pyridine rings is 1. The number of halogens is 4. The van der Waals surface area contributed by atoms with Crippen LogP contribution in [0.5, 0.6) is 5.75 Å². The lowest BCUT2D eigenvalue weighted by Crippen LogP contribution is -1.90. The first-order valence-corrected chi connectivity index (χ1v) is 4.01. The second-order valence-electron chi connectivity index (χ2n) is 1.67. The highest BCUT2D eigenvalue weighted by molar-refractivity contribution is 9.11. The summed E-state index contributed by atoms with van der Waals surface area (Å²) in [5.74, 6) is -3.25. The first-order valence-electron chi connectivity index (χ1n) is 2.43. The predicted molar refractivity (Wildman–Crippen MR) is 41.2 cm³/mol. The van der Waals surface area contributed by atoms with Gasteiger partial charge in [-0.25, -0.2) is 4.98 Å². The van der Waals surface area contributed by atoms with Gasteiger partial charge in [0.05, 0.1) is 0 Å². The molecule has 0 aliphatic rings. The Balaban J connectivity index is 3.46. The molecule has 0 amide bonds. The van der Waals surface area contributed by atoms with E-state index < -0.39 is 17.4 Å². The van der Waals surface area contributed by atoms with Gasteiger partial charge in [0.25, 0.3) is 0 Å². The highest BCUT2D eigenvalue weighted by Crippen LogP contribution is 2.29. The molecular weight excluding hydrogens is 288 g/mol. The third-order valence-electron chi connectivity index (χ3n) is 0.974. The first kappa shape index (κ1) is 8.86.